The molecule has 0 amide bonds. The zero-order valence-electron chi connectivity index (χ0n) is 11.4. The van der Waals surface area contributed by atoms with Crippen LogP contribution in [-0.4, -0.2) is 16.9 Å². The van der Waals surface area contributed by atoms with Gasteiger partial charge in [-0.25, -0.2) is 0 Å². The van der Waals surface area contributed by atoms with Gasteiger partial charge >= 0.3 is 0 Å². The highest BCUT2D eigenvalue weighted by molar-refractivity contribution is 7.80. The van der Waals surface area contributed by atoms with Crippen molar-refractivity contribution in [1.29, 1.82) is 0 Å². The molecule has 102 valence electrons. The van der Waals surface area contributed by atoms with Crippen LogP contribution < -0.4 is 10.7 Å². The summed E-state index contributed by atoms with van der Waals surface area (Å²) >= 11 is 5.27. The average Bonchev–Trinajstić information content (AvgIpc) is 2.47. The second-order valence-electron chi connectivity index (χ2n) is 4.98. The Morgan fingerprint density at radius 2 is 1.84 bits per heavy atom. The van der Waals surface area contributed by atoms with Gasteiger partial charge in [-0.1, -0.05) is 49.6 Å². The lowest BCUT2D eigenvalue weighted by Gasteiger charge is -2.23. The van der Waals surface area contributed by atoms with Gasteiger partial charge in [0.05, 0.1) is 5.71 Å². The van der Waals surface area contributed by atoms with Crippen molar-refractivity contribution in [3.8, 4) is 0 Å². The third-order valence-electron chi connectivity index (χ3n) is 3.46. The number of benzene rings is 1. The predicted octanol–water partition coefficient (Wildman–Crippen LogP) is 3.21. The molecule has 1 aromatic rings. The van der Waals surface area contributed by atoms with Crippen LogP contribution in [0.1, 0.15) is 44.6 Å². The van der Waals surface area contributed by atoms with Crippen LogP contribution in [0.3, 0.4) is 0 Å². The molecule has 0 heterocycles. The van der Waals surface area contributed by atoms with Crippen molar-refractivity contribution in [3.63, 3.8) is 0 Å². The zero-order valence-corrected chi connectivity index (χ0v) is 12.2. The standard InChI is InChI=1S/C15H21N3S/c1-12(13-8-4-2-5-9-13)17-18-15(19)16-14-10-6-3-7-11-14/h2,4-5,8-9,14H,3,6-7,10-11H2,1H3,(H2,16,18,19)/b17-12-. The molecule has 0 unspecified atom stereocenters. The maximum atomic E-state index is 5.27. The van der Waals surface area contributed by atoms with Crippen molar-refractivity contribution in [2.24, 2.45) is 5.10 Å². The van der Waals surface area contributed by atoms with Crippen LogP contribution >= 0.6 is 12.2 Å². The van der Waals surface area contributed by atoms with E-state index in [1.165, 1.54) is 32.1 Å². The summed E-state index contributed by atoms with van der Waals surface area (Å²) in [6, 6.07) is 10.6. The first-order chi connectivity index (χ1) is 9.25. The quantitative estimate of drug-likeness (QED) is 0.505. The fraction of sp³-hybridized carbons (Fsp3) is 0.467. The molecule has 2 rings (SSSR count). The van der Waals surface area contributed by atoms with E-state index in [1.807, 2.05) is 37.3 Å². The maximum Gasteiger partial charge on any atom is 0.187 e. The van der Waals surface area contributed by atoms with Crippen LogP contribution in [0.4, 0.5) is 0 Å². The van der Waals surface area contributed by atoms with Crippen LogP contribution in [0, 0.1) is 0 Å². The number of rotatable bonds is 3. The molecule has 0 atom stereocenters. The largest absolute Gasteiger partial charge is 0.359 e. The molecule has 19 heavy (non-hydrogen) atoms. The van der Waals surface area contributed by atoms with E-state index < -0.39 is 0 Å². The highest BCUT2D eigenvalue weighted by atomic mass is 32.1. The fourth-order valence-corrected chi connectivity index (χ4v) is 2.56. The molecule has 1 aliphatic carbocycles. The molecule has 0 bridgehead atoms. The lowest BCUT2D eigenvalue weighted by molar-refractivity contribution is 0.412. The van der Waals surface area contributed by atoms with Crippen LogP contribution in [0.5, 0.6) is 0 Å². The molecule has 0 radical (unpaired) electrons. The van der Waals surface area contributed by atoms with Crippen LogP contribution in [0.25, 0.3) is 0 Å². The Balaban J connectivity index is 1.82. The van der Waals surface area contributed by atoms with Crippen LogP contribution in [-0.2, 0) is 0 Å². The number of hydrogen-bond donors (Lipinski definition) is 2. The summed E-state index contributed by atoms with van der Waals surface area (Å²) in [4.78, 5) is 0. The molecular formula is C15H21N3S. The van der Waals surface area contributed by atoms with Crippen molar-refractivity contribution >= 4 is 23.0 Å². The summed E-state index contributed by atoms with van der Waals surface area (Å²) in [5.41, 5.74) is 4.98. The van der Waals surface area contributed by atoms with Gasteiger partial charge in [0.2, 0.25) is 0 Å². The summed E-state index contributed by atoms with van der Waals surface area (Å²) in [5, 5.41) is 8.29. The molecule has 3 nitrogen and oxygen atoms in total. The van der Waals surface area contributed by atoms with E-state index in [9.17, 15) is 0 Å². The molecule has 0 aliphatic heterocycles. The summed E-state index contributed by atoms with van der Waals surface area (Å²) < 4.78 is 0. The molecule has 4 heteroatoms. The van der Waals surface area contributed by atoms with E-state index in [0.29, 0.717) is 11.2 Å². The Kier molecular flexibility index (Phi) is 5.33. The maximum absolute atomic E-state index is 5.27. The second-order valence-corrected chi connectivity index (χ2v) is 5.39. The molecule has 0 spiro atoms. The third-order valence-corrected chi connectivity index (χ3v) is 3.67. The van der Waals surface area contributed by atoms with E-state index in [-0.39, 0.29) is 0 Å². The number of hydrogen-bond acceptors (Lipinski definition) is 2. The van der Waals surface area contributed by atoms with Crippen molar-refractivity contribution in [2.45, 2.75) is 45.1 Å². The van der Waals surface area contributed by atoms with Gasteiger partial charge in [-0.3, -0.25) is 5.43 Å². The molecular weight excluding hydrogens is 254 g/mol. The zero-order chi connectivity index (χ0) is 13.5. The Labute approximate surface area is 120 Å². The summed E-state index contributed by atoms with van der Waals surface area (Å²) in [7, 11) is 0. The van der Waals surface area contributed by atoms with Gasteiger partial charge in [0, 0.05) is 6.04 Å². The van der Waals surface area contributed by atoms with Crippen LogP contribution in [0.15, 0.2) is 35.4 Å². The van der Waals surface area contributed by atoms with Crippen molar-refractivity contribution in [1.82, 2.24) is 10.7 Å². The van der Waals surface area contributed by atoms with Crippen molar-refractivity contribution in [2.75, 3.05) is 0 Å². The monoisotopic (exact) mass is 275 g/mol. The normalized spacial score (nSPS) is 17.0. The van der Waals surface area contributed by atoms with Crippen molar-refractivity contribution in [3.05, 3.63) is 35.9 Å². The predicted molar refractivity (Wildman–Crippen MR) is 84.4 cm³/mol. The van der Waals surface area contributed by atoms with Gasteiger partial charge < -0.3 is 5.32 Å². The first-order valence-corrected chi connectivity index (χ1v) is 7.33. The fourth-order valence-electron chi connectivity index (χ4n) is 2.34. The Morgan fingerprint density at radius 1 is 1.16 bits per heavy atom. The highest BCUT2D eigenvalue weighted by Crippen LogP contribution is 2.17. The Morgan fingerprint density at radius 3 is 2.53 bits per heavy atom. The number of thiocarbonyl (C=S) groups is 1. The molecule has 0 aromatic heterocycles. The lowest BCUT2D eigenvalue weighted by Crippen LogP contribution is -2.41. The van der Waals surface area contributed by atoms with E-state index in [1.54, 1.807) is 0 Å². The second kappa shape index (κ2) is 7.24. The number of nitrogens with zero attached hydrogens (tertiary/aromatic N) is 1. The molecule has 0 saturated heterocycles. The Bertz CT molecular complexity index is 436. The van der Waals surface area contributed by atoms with Crippen molar-refractivity contribution < 1.29 is 0 Å². The van der Waals surface area contributed by atoms with E-state index in [2.05, 4.69) is 15.8 Å². The van der Waals surface area contributed by atoms with Gasteiger partial charge in [0.1, 0.15) is 0 Å². The minimum Gasteiger partial charge on any atom is -0.359 e. The lowest BCUT2D eigenvalue weighted by atomic mass is 9.96. The minimum atomic E-state index is 0.515. The summed E-state index contributed by atoms with van der Waals surface area (Å²) in [6.45, 7) is 1.98. The summed E-state index contributed by atoms with van der Waals surface area (Å²) in [5.74, 6) is 0. The van der Waals surface area contributed by atoms with Gasteiger partial charge in [-0.05, 0) is 37.5 Å². The minimum absolute atomic E-state index is 0.515. The SMILES string of the molecule is C/C(=N/NC(=S)NC1CCCCC1)c1ccccc1. The topological polar surface area (TPSA) is 36.4 Å². The first-order valence-electron chi connectivity index (χ1n) is 6.92. The van der Waals surface area contributed by atoms with Gasteiger partial charge in [-0.2, -0.15) is 5.10 Å². The average molecular weight is 275 g/mol. The first kappa shape index (κ1) is 14.0. The third kappa shape index (κ3) is 4.63. The number of hydrazone groups is 1. The smallest absolute Gasteiger partial charge is 0.187 e. The number of nitrogens with one attached hydrogen (secondary N) is 2. The van der Waals surface area contributed by atoms with Gasteiger partial charge in [0.25, 0.3) is 0 Å². The van der Waals surface area contributed by atoms with E-state index in [0.717, 1.165) is 11.3 Å². The summed E-state index contributed by atoms with van der Waals surface area (Å²) in [6.07, 6.45) is 6.37. The van der Waals surface area contributed by atoms with E-state index >= 15 is 0 Å². The molecule has 1 aliphatic rings. The van der Waals surface area contributed by atoms with Crippen LogP contribution in [0.2, 0.25) is 0 Å². The molecule has 1 fully saturated rings. The molecule has 2 N–H and O–H groups in total. The van der Waals surface area contributed by atoms with Gasteiger partial charge in [-0.15, -0.1) is 0 Å². The van der Waals surface area contributed by atoms with Gasteiger partial charge in [0.15, 0.2) is 5.11 Å². The molecule has 1 aromatic carbocycles. The molecule has 1 saturated carbocycles. The highest BCUT2D eigenvalue weighted by Gasteiger charge is 2.13. The Hall–Kier alpha value is -1.42. The van der Waals surface area contributed by atoms with E-state index in [4.69, 9.17) is 12.2 Å².